The van der Waals surface area contributed by atoms with Crippen molar-refractivity contribution in [1.82, 2.24) is 9.78 Å². The minimum atomic E-state index is -4.69. The topological polar surface area (TPSA) is 60.1 Å². The lowest BCUT2D eigenvalue weighted by molar-refractivity contribution is -0.140. The van der Waals surface area contributed by atoms with Gasteiger partial charge in [-0.15, -0.1) is 0 Å². The number of nitrogens with zero attached hydrogens (tertiary/aromatic N) is 3. The second kappa shape index (κ2) is 4.48. The predicted molar refractivity (Wildman–Crippen MR) is 68.6 cm³/mol. The molecule has 1 aromatic rings. The normalized spacial score (nSPS) is 20.6. The van der Waals surface area contributed by atoms with E-state index in [1.807, 2.05) is 0 Å². The summed E-state index contributed by atoms with van der Waals surface area (Å²) in [6.07, 6.45) is -4.69. The highest BCUT2D eigenvalue weighted by molar-refractivity contribution is 6.63. The number of aryl methyl sites for hydroxylation is 1. The first kappa shape index (κ1) is 15.9. The minimum Gasteiger partial charge on any atom is -0.399 e. The second-order valence-corrected chi connectivity index (χ2v) is 5.93. The molecule has 1 aliphatic rings. The van der Waals surface area contributed by atoms with E-state index < -0.39 is 30.2 Å². The van der Waals surface area contributed by atoms with E-state index in [1.165, 1.54) is 7.05 Å². The highest BCUT2D eigenvalue weighted by atomic mass is 19.4. The molecular weight excluding hydrogens is 286 g/mol. The van der Waals surface area contributed by atoms with Crippen molar-refractivity contribution < 1.29 is 22.5 Å². The number of halogens is 3. The average molecular weight is 301 g/mol. The number of nitriles is 1. The van der Waals surface area contributed by atoms with Crippen LogP contribution in [0.25, 0.3) is 0 Å². The molecule has 1 saturated heterocycles. The van der Waals surface area contributed by atoms with E-state index >= 15 is 0 Å². The van der Waals surface area contributed by atoms with Gasteiger partial charge in [-0.05, 0) is 27.7 Å². The van der Waals surface area contributed by atoms with Crippen LogP contribution in [0.15, 0.2) is 0 Å². The molecular formula is C12H15BF3N3O2. The van der Waals surface area contributed by atoms with E-state index in [1.54, 1.807) is 33.8 Å². The zero-order chi connectivity index (χ0) is 16.2. The Labute approximate surface area is 120 Å². The highest BCUT2D eigenvalue weighted by Crippen LogP contribution is 2.38. The van der Waals surface area contributed by atoms with Crippen LogP contribution in [0.2, 0.25) is 0 Å². The molecule has 2 rings (SSSR count). The standard InChI is InChI=1S/C12H15BF3N3O2/c1-10(2)11(3,4)21-13(20-10)8-7(6-17)19(5)18-9(8)12(14,15)16/h1-5H3. The van der Waals surface area contributed by atoms with Gasteiger partial charge in [0, 0.05) is 7.05 Å². The Balaban J connectivity index is 2.58. The summed E-state index contributed by atoms with van der Waals surface area (Å²) in [6.45, 7) is 6.90. The average Bonchev–Trinajstić information content (AvgIpc) is 2.73. The Bertz CT molecular complexity index is 600. The Kier molecular flexibility index (Phi) is 3.38. The van der Waals surface area contributed by atoms with Gasteiger partial charge in [0.2, 0.25) is 0 Å². The van der Waals surface area contributed by atoms with Gasteiger partial charge in [0.05, 0.1) is 16.7 Å². The maximum absolute atomic E-state index is 13.1. The lowest BCUT2D eigenvalue weighted by Crippen LogP contribution is -2.41. The summed E-state index contributed by atoms with van der Waals surface area (Å²) in [5.74, 6) is 0. The van der Waals surface area contributed by atoms with E-state index in [-0.39, 0.29) is 11.2 Å². The fourth-order valence-electron chi connectivity index (χ4n) is 2.07. The summed E-state index contributed by atoms with van der Waals surface area (Å²) in [5, 5.41) is 12.5. The van der Waals surface area contributed by atoms with Gasteiger partial charge in [-0.1, -0.05) is 0 Å². The lowest BCUT2D eigenvalue weighted by atomic mass is 9.77. The lowest BCUT2D eigenvalue weighted by Gasteiger charge is -2.32. The highest BCUT2D eigenvalue weighted by Gasteiger charge is 2.55. The van der Waals surface area contributed by atoms with E-state index in [0.717, 1.165) is 4.68 Å². The maximum Gasteiger partial charge on any atom is 0.500 e. The molecule has 0 aromatic carbocycles. The molecule has 0 saturated carbocycles. The van der Waals surface area contributed by atoms with Crippen LogP contribution in [-0.2, 0) is 22.5 Å². The predicted octanol–water partition coefficient (Wildman–Crippen LogP) is 1.61. The molecule has 0 radical (unpaired) electrons. The molecule has 1 aromatic heterocycles. The van der Waals surface area contributed by atoms with Crippen molar-refractivity contribution in [2.24, 2.45) is 7.05 Å². The fourth-order valence-corrected chi connectivity index (χ4v) is 2.07. The number of rotatable bonds is 1. The van der Waals surface area contributed by atoms with Gasteiger partial charge < -0.3 is 9.31 Å². The summed E-state index contributed by atoms with van der Waals surface area (Å²) in [5.41, 5.74) is -3.35. The van der Waals surface area contributed by atoms with Crippen molar-refractivity contribution in [3.05, 3.63) is 11.4 Å². The molecule has 21 heavy (non-hydrogen) atoms. The number of alkyl halides is 3. The molecule has 5 nitrogen and oxygen atoms in total. The Morgan fingerprint density at radius 1 is 1.19 bits per heavy atom. The summed E-state index contributed by atoms with van der Waals surface area (Å²) < 4.78 is 51.5. The Morgan fingerprint density at radius 2 is 1.67 bits per heavy atom. The van der Waals surface area contributed by atoms with Gasteiger partial charge in [0.1, 0.15) is 11.8 Å². The SMILES string of the molecule is Cn1nc(C(F)(F)F)c(B2OC(C)(C)C(C)(C)O2)c1C#N. The smallest absolute Gasteiger partial charge is 0.399 e. The quantitative estimate of drug-likeness (QED) is 0.739. The van der Waals surface area contributed by atoms with Crippen LogP contribution < -0.4 is 5.46 Å². The van der Waals surface area contributed by atoms with Gasteiger partial charge in [0.25, 0.3) is 0 Å². The molecule has 0 unspecified atom stereocenters. The monoisotopic (exact) mass is 301 g/mol. The molecule has 114 valence electrons. The number of hydrogen-bond donors (Lipinski definition) is 0. The van der Waals surface area contributed by atoms with Gasteiger partial charge in [-0.2, -0.15) is 23.5 Å². The molecule has 0 aliphatic carbocycles. The van der Waals surface area contributed by atoms with E-state index in [4.69, 9.17) is 14.6 Å². The van der Waals surface area contributed by atoms with Crippen molar-refractivity contribution in [1.29, 1.82) is 5.26 Å². The Hall–Kier alpha value is -1.53. The van der Waals surface area contributed by atoms with E-state index in [9.17, 15) is 13.2 Å². The van der Waals surface area contributed by atoms with Crippen molar-refractivity contribution in [2.45, 2.75) is 45.1 Å². The number of aromatic nitrogens is 2. The third-order valence-electron chi connectivity index (χ3n) is 3.95. The number of hydrogen-bond acceptors (Lipinski definition) is 4. The maximum atomic E-state index is 13.1. The van der Waals surface area contributed by atoms with E-state index in [0.29, 0.717) is 0 Å². The zero-order valence-electron chi connectivity index (χ0n) is 12.4. The van der Waals surface area contributed by atoms with Crippen molar-refractivity contribution in [3.63, 3.8) is 0 Å². The van der Waals surface area contributed by atoms with Crippen LogP contribution >= 0.6 is 0 Å². The summed E-state index contributed by atoms with van der Waals surface area (Å²) >= 11 is 0. The molecule has 2 heterocycles. The fraction of sp³-hybridized carbons (Fsp3) is 0.667. The van der Waals surface area contributed by atoms with Crippen LogP contribution in [0.1, 0.15) is 39.1 Å². The second-order valence-electron chi connectivity index (χ2n) is 5.93. The van der Waals surface area contributed by atoms with Crippen molar-refractivity contribution in [2.75, 3.05) is 0 Å². The van der Waals surface area contributed by atoms with E-state index in [2.05, 4.69) is 5.10 Å². The summed E-state index contributed by atoms with van der Waals surface area (Å²) in [4.78, 5) is 0. The first-order chi connectivity index (χ1) is 9.40. The minimum absolute atomic E-state index is 0.221. The van der Waals surface area contributed by atoms with Crippen LogP contribution in [-0.4, -0.2) is 28.1 Å². The van der Waals surface area contributed by atoms with Gasteiger partial charge in [0.15, 0.2) is 5.69 Å². The third kappa shape index (κ3) is 2.42. The van der Waals surface area contributed by atoms with Crippen LogP contribution in [0, 0.1) is 11.3 Å². The molecule has 0 bridgehead atoms. The Morgan fingerprint density at radius 3 is 2.05 bits per heavy atom. The molecule has 9 heteroatoms. The molecule has 1 fully saturated rings. The van der Waals surface area contributed by atoms with Crippen LogP contribution in [0.5, 0.6) is 0 Å². The molecule has 0 atom stereocenters. The van der Waals surface area contributed by atoms with Gasteiger partial charge >= 0.3 is 13.3 Å². The zero-order valence-corrected chi connectivity index (χ0v) is 12.4. The molecule has 0 amide bonds. The summed E-state index contributed by atoms with van der Waals surface area (Å²) in [6, 6.07) is 1.73. The van der Waals surface area contributed by atoms with Crippen LogP contribution in [0.4, 0.5) is 13.2 Å². The largest absolute Gasteiger partial charge is 0.500 e. The van der Waals surface area contributed by atoms with Crippen molar-refractivity contribution >= 4 is 12.6 Å². The third-order valence-corrected chi connectivity index (χ3v) is 3.95. The molecule has 0 spiro atoms. The first-order valence-electron chi connectivity index (χ1n) is 6.30. The first-order valence-corrected chi connectivity index (χ1v) is 6.30. The summed E-state index contributed by atoms with van der Waals surface area (Å²) in [7, 11) is -0.00214. The van der Waals surface area contributed by atoms with Gasteiger partial charge in [-0.25, -0.2) is 0 Å². The molecule has 1 aliphatic heterocycles. The molecule has 0 N–H and O–H groups in total. The van der Waals surface area contributed by atoms with Gasteiger partial charge in [-0.3, -0.25) is 4.68 Å². The van der Waals surface area contributed by atoms with Crippen LogP contribution in [0.3, 0.4) is 0 Å². The van der Waals surface area contributed by atoms with Crippen molar-refractivity contribution in [3.8, 4) is 6.07 Å².